The highest BCUT2D eigenvalue weighted by atomic mass is 35.5. The van der Waals surface area contributed by atoms with E-state index in [0.29, 0.717) is 28.6 Å². The third kappa shape index (κ3) is 3.95. The predicted molar refractivity (Wildman–Crippen MR) is 135 cm³/mol. The molecule has 1 aromatic rings. The van der Waals surface area contributed by atoms with Crippen LogP contribution in [0.25, 0.3) is 5.76 Å². The Balaban J connectivity index is 1.53. The lowest BCUT2D eigenvalue weighted by molar-refractivity contribution is -0.147. The molecule has 5 rings (SSSR count). The van der Waals surface area contributed by atoms with Gasteiger partial charge in [-0.3, -0.25) is 14.4 Å². The van der Waals surface area contributed by atoms with E-state index in [2.05, 4.69) is 4.90 Å². The second kappa shape index (κ2) is 9.15. The van der Waals surface area contributed by atoms with Crippen molar-refractivity contribution in [3.05, 3.63) is 44.7 Å². The summed E-state index contributed by atoms with van der Waals surface area (Å²) >= 11 is 6.80. The number of carbonyl (C=O) groups excluding carboxylic acids is 3. The highest BCUT2D eigenvalue weighted by Gasteiger charge is 2.60. The van der Waals surface area contributed by atoms with Gasteiger partial charge in [-0.15, -0.1) is 0 Å². The van der Waals surface area contributed by atoms with Gasteiger partial charge >= 0.3 is 0 Å². The molecule has 2 saturated carbocycles. The molecular weight excluding hydrogens is 500 g/mol. The Bertz CT molecular complexity index is 1280. The molecule has 37 heavy (non-hydrogen) atoms. The molecule has 2 fully saturated rings. The van der Waals surface area contributed by atoms with Crippen LogP contribution in [-0.4, -0.2) is 62.0 Å². The monoisotopic (exact) mass is 530 g/mol. The molecule has 10 heteroatoms. The maximum atomic E-state index is 13.5. The molecule has 198 valence electrons. The molecule has 6 N–H and O–H groups in total. The quantitative estimate of drug-likeness (QED) is 0.363. The van der Waals surface area contributed by atoms with Gasteiger partial charge in [0.25, 0.3) is 5.91 Å². The van der Waals surface area contributed by atoms with E-state index < -0.39 is 52.0 Å². The van der Waals surface area contributed by atoms with Gasteiger partial charge in [-0.1, -0.05) is 24.4 Å². The highest BCUT2D eigenvalue weighted by Crippen LogP contribution is 2.53. The number of Topliss-reactive ketones (excluding diaryl/α,β-unsaturated/α-hetero) is 2. The SMILES string of the molecule is CN(Cc1cc(O)c2c(c1Cl)CC1CC3CC(=O)C(C(N)=O)=C(O)C3(O)C(=O)C1=C2O)CC1CCCC1. The van der Waals surface area contributed by atoms with Gasteiger partial charge in [0, 0.05) is 36.0 Å². The highest BCUT2D eigenvalue weighted by molar-refractivity contribution is 6.32. The number of rotatable bonds is 5. The number of aromatic hydroxyl groups is 1. The average Bonchev–Trinajstić information content (AvgIpc) is 3.32. The van der Waals surface area contributed by atoms with E-state index in [4.69, 9.17) is 17.3 Å². The molecule has 3 unspecified atom stereocenters. The van der Waals surface area contributed by atoms with E-state index in [9.17, 15) is 34.8 Å². The number of carbonyl (C=O) groups is 3. The Kier molecular flexibility index (Phi) is 6.37. The number of phenols is 1. The lowest BCUT2D eigenvalue weighted by atomic mass is 9.59. The Labute approximate surface area is 219 Å². The Morgan fingerprint density at radius 1 is 1.19 bits per heavy atom. The normalized spacial score (nSPS) is 28.0. The first-order chi connectivity index (χ1) is 17.4. The number of fused-ring (bicyclic) bond motifs is 3. The molecule has 1 amide bonds. The van der Waals surface area contributed by atoms with Crippen molar-refractivity contribution < 1.29 is 34.8 Å². The van der Waals surface area contributed by atoms with Crippen LogP contribution in [0.15, 0.2) is 23.0 Å². The molecule has 0 saturated heterocycles. The zero-order valence-electron chi connectivity index (χ0n) is 20.6. The molecule has 4 aliphatic rings. The molecule has 1 aromatic carbocycles. The zero-order chi connectivity index (χ0) is 26.8. The number of aliphatic hydroxyl groups is 3. The van der Waals surface area contributed by atoms with Gasteiger partial charge in [0.05, 0.1) is 5.56 Å². The third-order valence-electron chi connectivity index (χ3n) is 8.56. The number of primary amides is 1. The summed E-state index contributed by atoms with van der Waals surface area (Å²) in [7, 11) is 2.00. The van der Waals surface area contributed by atoms with Gasteiger partial charge in [0.2, 0.25) is 5.78 Å². The van der Waals surface area contributed by atoms with Crippen molar-refractivity contribution in [1.29, 1.82) is 0 Å². The maximum Gasteiger partial charge on any atom is 0.255 e. The molecule has 0 radical (unpaired) electrons. The Morgan fingerprint density at radius 2 is 1.86 bits per heavy atom. The van der Waals surface area contributed by atoms with Crippen LogP contribution in [0.5, 0.6) is 5.75 Å². The van der Waals surface area contributed by atoms with Crippen LogP contribution >= 0.6 is 11.6 Å². The number of phenolic OH excluding ortho intramolecular Hbond substituents is 1. The fourth-order valence-electron chi connectivity index (χ4n) is 6.83. The van der Waals surface area contributed by atoms with Crippen LogP contribution in [0.2, 0.25) is 5.02 Å². The number of ketones is 2. The molecule has 0 aromatic heterocycles. The zero-order valence-corrected chi connectivity index (χ0v) is 21.3. The molecular formula is C27H31ClN2O7. The van der Waals surface area contributed by atoms with E-state index >= 15 is 0 Å². The molecule has 4 aliphatic carbocycles. The largest absolute Gasteiger partial charge is 0.508 e. The fourth-order valence-corrected chi connectivity index (χ4v) is 7.11. The summed E-state index contributed by atoms with van der Waals surface area (Å²) in [4.78, 5) is 39.9. The summed E-state index contributed by atoms with van der Waals surface area (Å²) in [5.41, 5.74) is 2.87. The van der Waals surface area contributed by atoms with E-state index in [0.717, 1.165) is 6.54 Å². The van der Waals surface area contributed by atoms with Crippen molar-refractivity contribution in [2.45, 2.75) is 57.1 Å². The molecule has 0 aliphatic heterocycles. The Morgan fingerprint density at radius 3 is 2.51 bits per heavy atom. The van der Waals surface area contributed by atoms with Crippen LogP contribution in [0.4, 0.5) is 0 Å². The lowest BCUT2D eigenvalue weighted by Crippen LogP contribution is -2.58. The first-order valence-corrected chi connectivity index (χ1v) is 13.0. The minimum atomic E-state index is -2.57. The van der Waals surface area contributed by atoms with Crippen molar-refractivity contribution in [1.82, 2.24) is 4.90 Å². The van der Waals surface area contributed by atoms with Gasteiger partial charge < -0.3 is 31.1 Å². The molecule has 3 atom stereocenters. The minimum absolute atomic E-state index is 0.0133. The van der Waals surface area contributed by atoms with E-state index in [1.165, 1.54) is 31.7 Å². The number of hydrogen-bond acceptors (Lipinski definition) is 8. The van der Waals surface area contributed by atoms with Crippen LogP contribution < -0.4 is 5.73 Å². The van der Waals surface area contributed by atoms with Crippen LogP contribution in [-0.2, 0) is 27.3 Å². The summed E-state index contributed by atoms with van der Waals surface area (Å²) < 4.78 is 0. The fraction of sp³-hybridized carbons (Fsp3) is 0.519. The predicted octanol–water partition coefficient (Wildman–Crippen LogP) is 2.70. The van der Waals surface area contributed by atoms with Crippen molar-refractivity contribution in [2.75, 3.05) is 13.6 Å². The van der Waals surface area contributed by atoms with E-state index in [1.807, 2.05) is 7.05 Å². The summed E-state index contributed by atoms with van der Waals surface area (Å²) in [6.45, 7) is 1.42. The van der Waals surface area contributed by atoms with Gasteiger partial charge in [-0.05, 0) is 61.8 Å². The number of amides is 1. The Hall–Kier alpha value is -2.88. The molecule has 9 nitrogen and oxygen atoms in total. The van der Waals surface area contributed by atoms with Crippen LogP contribution in [0.3, 0.4) is 0 Å². The summed E-state index contributed by atoms with van der Waals surface area (Å²) in [6.07, 6.45) is 4.80. The van der Waals surface area contributed by atoms with E-state index in [-0.39, 0.29) is 36.1 Å². The number of nitrogens with two attached hydrogens (primary N) is 1. The first kappa shape index (κ1) is 25.8. The van der Waals surface area contributed by atoms with Crippen molar-refractivity contribution >= 4 is 34.8 Å². The second-order valence-corrected chi connectivity index (χ2v) is 11.4. The van der Waals surface area contributed by atoms with Crippen molar-refractivity contribution in [2.24, 2.45) is 23.5 Å². The standard InChI is InChI=1S/C27H31ClN2O7/c1-30(10-12-4-2-3-5-12)11-14-8-17(31)20-16(22(14)28)7-13-6-15-9-18(32)21(26(29)36)25(35)27(15,37)24(34)19(13)23(20)33/h8,12-13,15,31,33,35,37H,2-7,9-11H2,1H3,(H2,29,36). The summed E-state index contributed by atoms with van der Waals surface area (Å²) in [6, 6.07) is 1.48. The van der Waals surface area contributed by atoms with Gasteiger partial charge in [0.15, 0.2) is 11.4 Å². The smallest absolute Gasteiger partial charge is 0.255 e. The summed E-state index contributed by atoms with van der Waals surface area (Å²) in [5.74, 6) is -5.85. The average molecular weight is 531 g/mol. The maximum absolute atomic E-state index is 13.5. The van der Waals surface area contributed by atoms with Gasteiger partial charge in [-0.2, -0.15) is 0 Å². The molecule has 0 spiro atoms. The number of halogens is 1. The van der Waals surface area contributed by atoms with Crippen LogP contribution in [0.1, 0.15) is 55.2 Å². The topological polar surface area (TPSA) is 161 Å². The minimum Gasteiger partial charge on any atom is -0.508 e. The summed E-state index contributed by atoms with van der Waals surface area (Å²) in [5, 5.41) is 44.4. The number of benzene rings is 1. The second-order valence-electron chi connectivity index (χ2n) is 11.0. The van der Waals surface area contributed by atoms with Gasteiger partial charge in [0.1, 0.15) is 22.8 Å². The number of nitrogens with zero attached hydrogens (tertiary/aromatic N) is 1. The molecule has 0 bridgehead atoms. The first-order valence-electron chi connectivity index (χ1n) is 12.6. The molecule has 0 heterocycles. The number of hydrogen-bond donors (Lipinski definition) is 5. The van der Waals surface area contributed by atoms with Crippen molar-refractivity contribution in [3.8, 4) is 5.75 Å². The third-order valence-corrected chi connectivity index (χ3v) is 9.03. The van der Waals surface area contributed by atoms with E-state index in [1.54, 1.807) is 0 Å². The van der Waals surface area contributed by atoms with Crippen molar-refractivity contribution in [3.63, 3.8) is 0 Å². The van der Waals surface area contributed by atoms with Gasteiger partial charge in [-0.25, -0.2) is 0 Å². The lowest BCUT2D eigenvalue weighted by Gasteiger charge is -2.46. The number of aliphatic hydroxyl groups excluding tert-OH is 2. The van der Waals surface area contributed by atoms with Crippen LogP contribution in [0, 0.1) is 17.8 Å².